The van der Waals surface area contributed by atoms with Gasteiger partial charge < -0.3 is 25.2 Å². The van der Waals surface area contributed by atoms with Crippen LogP contribution in [0.2, 0.25) is 0 Å². The number of alkyl carbamates (subject to hydrolysis) is 1. The standard InChI is InChI=1S/C25H26N4O6/c1-29-13-19(24(31)32)22(28-29)27-23(30)21(11-12-34-2)26-25(33)35-14-20-17-9-5-3-7-15(17)16-8-4-6-10-18(16)20/h3-10,13,20-21H,11-12,14H2,1-2H3,(H,26,33)(H,31,32)(H,27,28,30). The van der Waals surface area contributed by atoms with Gasteiger partial charge in [-0.3, -0.25) is 9.48 Å². The topological polar surface area (TPSA) is 132 Å². The lowest BCUT2D eigenvalue weighted by Crippen LogP contribution is -2.45. The lowest BCUT2D eigenvalue weighted by Gasteiger charge is -2.19. The van der Waals surface area contributed by atoms with Crippen molar-refractivity contribution in [2.24, 2.45) is 7.05 Å². The summed E-state index contributed by atoms with van der Waals surface area (Å²) in [6.45, 7) is 0.289. The number of aromatic nitrogens is 2. The molecule has 10 nitrogen and oxygen atoms in total. The normalized spacial score (nSPS) is 13.0. The summed E-state index contributed by atoms with van der Waals surface area (Å²) < 4.78 is 11.9. The van der Waals surface area contributed by atoms with Crippen molar-refractivity contribution >= 4 is 23.8 Å². The number of rotatable bonds is 9. The first-order valence-corrected chi connectivity index (χ1v) is 11.1. The van der Waals surface area contributed by atoms with Crippen molar-refractivity contribution in [1.82, 2.24) is 15.1 Å². The van der Waals surface area contributed by atoms with Crippen molar-refractivity contribution in [3.8, 4) is 11.1 Å². The van der Waals surface area contributed by atoms with Gasteiger partial charge >= 0.3 is 12.1 Å². The van der Waals surface area contributed by atoms with Gasteiger partial charge in [0, 0.05) is 39.3 Å². The van der Waals surface area contributed by atoms with E-state index in [9.17, 15) is 19.5 Å². The van der Waals surface area contributed by atoms with Crippen LogP contribution in [0.25, 0.3) is 11.1 Å². The molecular weight excluding hydrogens is 452 g/mol. The Morgan fingerprint density at radius 1 is 1.09 bits per heavy atom. The minimum Gasteiger partial charge on any atom is -0.477 e. The van der Waals surface area contributed by atoms with E-state index < -0.39 is 24.0 Å². The third-order valence-corrected chi connectivity index (χ3v) is 5.86. The van der Waals surface area contributed by atoms with E-state index in [1.54, 1.807) is 7.05 Å². The number of aromatic carboxylic acids is 1. The highest BCUT2D eigenvalue weighted by atomic mass is 16.5. The minimum atomic E-state index is -1.23. The molecule has 1 aromatic heterocycles. The molecule has 2 amide bonds. The summed E-state index contributed by atoms with van der Waals surface area (Å²) in [5.41, 5.74) is 4.21. The second kappa shape index (κ2) is 10.4. The molecule has 2 aromatic carbocycles. The van der Waals surface area contributed by atoms with Crippen molar-refractivity contribution in [1.29, 1.82) is 0 Å². The molecule has 10 heteroatoms. The zero-order valence-electron chi connectivity index (χ0n) is 19.4. The number of hydrogen-bond acceptors (Lipinski definition) is 6. The van der Waals surface area contributed by atoms with E-state index in [0.29, 0.717) is 0 Å². The Morgan fingerprint density at radius 2 is 1.71 bits per heavy atom. The Labute approximate surface area is 201 Å². The molecule has 1 atom stereocenters. The van der Waals surface area contributed by atoms with Crippen molar-refractivity contribution in [2.75, 3.05) is 25.6 Å². The van der Waals surface area contributed by atoms with Crippen LogP contribution in [-0.2, 0) is 21.3 Å². The van der Waals surface area contributed by atoms with Gasteiger partial charge in [-0.25, -0.2) is 9.59 Å². The molecule has 0 saturated carbocycles. The average molecular weight is 479 g/mol. The number of anilines is 1. The maximum atomic E-state index is 12.8. The predicted octanol–water partition coefficient (Wildman–Crippen LogP) is 3.00. The highest BCUT2D eigenvalue weighted by Crippen LogP contribution is 2.44. The van der Waals surface area contributed by atoms with E-state index in [4.69, 9.17) is 9.47 Å². The summed E-state index contributed by atoms with van der Waals surface area (Å²) in [7, 11) is 3.02. The third-order valence-electron chi connectivity index (χ3n) is 5.86. The molecule has 3 aromatic rings. The largest absolute Gasteiger partial charge is 0.477 e. The molecule has 0 fully saturated rings. The maximum absolute atomic E-state index is 12.8. The lowest BCUT2D eigenvalue weighted by atomic mass is 9.98. The summed E-state index contributed by atoms with van der Waals surface area (Å²) in [6, 6.07) is 15.0. The fourth-order valence-electron chi connectivity index (χ4n) is 4.23. The molecule has 35 heavy (non-hydrogen) atoms. The summed E-state index contributed by atoms with van der Waals surface area (Å²) in [5.74, 6) is -2.09. The molecule has 3 N–H and O–H groups in total. The zero-order chi connectivity index (χ0) is 24.9. The van der Waals surface area contributed by atoms with E-state index in [1.807, 2.05) is 48.5 Å². The third kappa shape index (κ3) is 5.17. The van der Waals surface area contributed by atoms with Crippen LogP contribution in [0.3, 0.4) is 0 Å². The number of nitrogens with zero attached hydrogens (tertiary/aromatic N) is 2. The maximum Gasteiger partial charge on any atom is 0.407 e. The molecule has 0 aliphatic heterocycles. The summed E-state index contributed by atoms with van der Waals surface area (Å²) in [4.78, 5) is 36.9. The van der Waals surface area contributed by atoms with Gasteiger partial charge in [0.1, 0.15) is 18.2 Å². The first-order chi connectivity index (χ1) is 16.9. The smallest absolute Gasteiger partial charge is 0.407 e. The van der Waals surface area contributed by atoms with Crippen molar-refractivity contribution < 1.29 is 29.0 Å². The number of benzene rings is 2. The van der Waals surface area contributed by atoms with Crippen LogP contribution in [0.4, 0.5) is 10.6 Å². The number of aryl methyl sites for hydroxylation is 1. The van der Waals surface area contributed by atoms with Crippen LogP contribution < -0.4 is 10.6 Å². The van der Waals surface area contributed by atoms with Gasteiger partial charge in [0.2, 0.25) is 5.91 Å². The Hall–Kier alpha value is -4.18. The number of nitrogens with one attached hydrogen (secondary N) is 2. The van der Waals surface area contributed by atoms with E-state index in [-0.39, 0.29) is 36.9 Å². The minimum absolute atomic E-state index is 0.0991. The van der Waals surface area contributed by atoms with Crippen LogP contribution in [0.5, 0.6) is 0 Å². The number of hydrogen-bond donors (Lipinski definition) is 3. The average Bonchev–Trinajstić information content (AvgIpc) is 3.37. The highest BCUT2D eigenvalue weighted by molar-refractivity contribution is 6.01. The monoisotopic (exact) mass is 478 g/mol. The lowest BCUT2D eigenvalue weighted by molar-refractivity contribution is -0.118. The van der Waals surface area contributed by atoms with Crippen LogP contribution >= 0.6 is 0 Å². The number of ether oxygens (including phenoxy) is 2. The molecule has 0 spiro atoms. The Morgan fingerprint density at radius 3 is 2.31 bits per heavy atom. The van der Waals surface area contributed by atoms with Crippen LogP contribution in [-0.4, -0.2) is 59.2 Å². The Bertz CT molecular complexity index is 1210. The fraction of sp³-hybridized carbons (Fsp3) is 0.280. The zero-order valence-corrected chi connectivity index (χ0v) is 19.4. The summed E-state index contributed by atoms with van der Waals surface area (Å²) >= 11 is 0. The number of carboxylic acid groups (broad SMARTS) is 1. The highest BCUT2D eigenvalue weighted by Gasteiger charge is 2.30. The number of carbonyl (C=O) groups excluding carboxylic acids is 2. The second-order valence-electron chi connectivity index (χ2n) is 8.16. The van der Waals surface area contributed by atoms with Gasteiger partial charge in [0.15, 0.2) is 5.82 Å². The van der Waals surface area contributed by atoms with Gasteiger partial charge in [0.25, 0.3) is 0 Å². The first kappa shape index (κ1) is 24.0. The van der Waals surface area contributed by atoms with Crippen molar-refractivity contribution in [3.05, 3.63) is 71.4 Å². The summed E-state index contributed by atoms with van der Waals surface area (Å²) in [5, 5.41) is 18.3. The fourth-order valence-corrected chi connectivity index (χ4v) is 4.23. The molecule has 0 bridgehead atoms. The SMILES string of the molecule is COCCC(NC(=O)OCC1c2ccccc2-c2ccccc21)C(=O)Nc1nn(C)cc1C(=O)O. The van der Waals surface area contributed by atoms with Gasteiger partial charge in [-0.1, -0.05) is 48.5 Å². The van der Waals surface area contributed by atoms with E-state index >= 15 is 0 Å². The molecular formula is C25H26N4O6. The van der Waals surface area contributed by atoms with Gasteiger partial charge in [-0.15, -0.1) is 0 Å². The molecule has 0 saturated heterocycles. The van der Waals surface area contributed by atoms with E-state index in [1.165, 1.54) is 18.0 Å². The number of methoxy groups -OCH3 is 1. The van der Waals surface area contributed by atoms with Crippen LogP contribution in [0, 0.1) is 0 Å². The Balaban J connectivity index is 1.43. The predicted molar refractivity (Wildman–Crippen MR) is 127 cm³/mol. The van der Waals surface area contributed by atoms with Crippen molar-refractivity contribution in [2.45, 2.75) is 18.4 Å². The van der Waals surface area contributed by atoms with Gasteiger partial charge in [0.05, 0.1) is 0 Å². The number of carbonyl (C=O) groups is 3. The number of fused-ring (bicyclic) bond motifs is 3. The Kier molecular flexibility index (Phi) is 7.11. The van der Waals surface area contributed by atoms with Crippen LogP contribution in [0.1, 0.15) is 33.8 Å². The quantitative estimate of drug-likeness (QED) is 0.431. The first-order valence-electron chi connectivity index (χ1n) is 11.1. The van der Waals surface area contributed by atoms with Gasteiger partial charge in [-0.2, -0.15) is 5.10 Å². The van der Waals surface area contributed by atoms with E-state index in [2.05, 4.69) is 15.7 Å². The molecule has 4 rings (SSSR count). The van der Waals surface area contributed by atoms with Crippen LogP contribution in [0.15, 0.2) is 54.7 Å². The second-order valence-corrected chi connectivity index (χ2v) is 8.16. The van der Waals surface area contributed by atoms with Crippen molar-refractivity contribution in [3.63, 3.8) is 0 Å². The number of amides is 2. The van der Waals surface area contributed by atoms with E-state index in [0.717, 1.165) is 22.3 Å². The molecule has 182 valence electrons. The number of carboxylic acids is 1. The molecule has 1 aliphatic carbocycles. The molecule has 1 heterocycles. The van der Waals surface area contributed by atoms with Gasteiger partial charge in [-0.05, 0) is 22.3 Å². The summed E-state index contributed by atoms with van der Waals surface area (Å²) in [6.07, 6.45) is 0.672. The molecule has 1 unspecified atom stereocenters. The molecule has 0 radical (unpaired) electrons. The molecule has 1 aliphatic rings.